The maximum absolute atomic E-state index is 12.2. The number of rotatable bonds is 6. The summed E-state index contributed by atoms with van der Waals surface area (Å²) in [7, 11) is 1.75. The molecule has 2 aromatic rings. The molecule has 0 atom stereocenters. The van der Waals surface area contributed by atoms with Crippen LogP contribution >= 0.6 is 0 Å². The quantitative estimate of drug-likeness (QED) is 0.653. The topological polar surface area (TPSA) is 82.9 Å². The Morgan fingerprint density at radius 3 is 2.65 bits per heavy atom. The van der Waals surface area contributed by atoms with Gasteiger partial charge in [-0.2, -0.15) is 0 Å². The minimum atomic E-state index is -0.158. The van der Waals surface area contributed by atoms with E-state index in [-0.39, 0.29) is 17.6 Å². The average Bonchev–Trinajstić information content (AvgIpc) is 2.78. The molecule has 8 nitrogen and oxygen atoms in total. The van der Waals surface area contributed by atoms with Crippen molar-refractivity contribution in [3.8, 4) is 5.75 Å². The van der Waals surface area contributed by atoms with Crippen molar-refractivity contribution in [1.82, 2.24) is 9.55 Å². The molecule has 1 aliphatic heterocycles. The minimum Gasteiger partial charge on any atom is -0.488 e. The van der Waals surface area contributed by atoms with Crippen molar-refractivity contribution < 1.29 is 19.0 Å². The molecule has 2 fully saturated rings. The van der Waals surface area contributed by atoms with E-state index in [4.69, 9.17) is 14.2 Å². The summed E-state index contributed by atoms with van der Waals surface area (Å²) in [5.74, 6) is 0.930. The van der Waals surface area contributed by atoms with Crippen molar-refractivity contribution >= 4 is 22.7 Å². The van der Waals surface area contributed by atoms with E-state index in [1.807, 2.05) is 19.1 Å². The van der Waals surface area contributed by atoms with Gasteiger partial charge in [0.15, 0.2) is 0 Å². The molecule has 0 N–H and O–H groups in total. The molecule has 0 bridgehead atoms. The van der Waals surface area contributed by atoms with Gasteiger partial charge < -0.3 is 23.7 Å². The fraction of sp³-hybridized carbons (Fsp3) is 0.609. The second-order valence-corrected chi connectivity index (χ2v) is 8.34. The van der Waals surface area contributed by atoms with E-state index in [0.29, 0.717) is 37.9 Å². The molecular weight excluding hydrogens is 398 g/mol. The Balaban J connectivity index is 1.54. The smallest absolute Gasteiger partial charge is 0.306 e. The number of hydrogen-bond donors (Lipinski definition) is 0. The van der Waals surface area contributed by atoms with E-state index >= 15 is 0 Å². The van der Waals surface area contributed by atoms with Gasteiger partial charge in [-0.1, -0.05) is 0 Å². The number of esters is 1. The summed E-state index contributed by atoms with van der Waals surface area (Å²) in [6.07, 6.45) is 5.51. The second-order valence-electron chi connectivity index (χ2n) is 8.34. The Morgan fingerprint density at radius 2 is 1.94 bits per heavy atom. The zero-order chi connectivity index (χ0) is 21.8. The maximum atomic E-state index is 12.2. The number of carbonyl (C=O) groups is 1. The predicted octanol–water partition coefficient (Wildman–Crippen LogP) is 2.66. The second kappa shape index (κ2) is 9.68. The van der Waals surface area contributed by atoms with E-state index in [0.717, 1.165) is 55.5 Å². The molecule has 0 amide bonds. The number of hydrogen-bond acceptors (Lipinski definition) is 7. The van der Waals surface area contributed by atoms with Crippen molar-refractivity contribution in [1.29, 1.82) is 0 Å². The van der Waals surface area contributed by atoms with Gasteiger partial charge in [0.1, 0.15) is 11.3 Å². The van der Waals surface area contributed by atoms with E-state index in [2.05, 4.69) is 9.88 Å². The van der Waals surface area contributed by atoms with Crippen molar-refractivity contribution in [3.63, 3.8) is 0 Å². The summed E-state index contributed by atoms with van der Waals surface area (Å²) in [5, 5.41) is 0. The normalized spacial score (nSPS) is 21.8. The Kier molecular flexibility index (Phi) is 6.75. The van der Waals surface area contributed by atoms with Crippen LogP contribution in [-0.4, -0.2) is 54.5 Å². The maximum Gasteiger partial charge on any atom is 0.306 e. The van der Waals surface area contributed by atoms with Gasteiger partial charge in [-0.25, -0.2) is 4.98 Å². The van der Waals surface area contributed by atoms with Crippen molar-refractivity contribution in [3.05, 3.63) is 28.7 Å². The first-order valence-corrected chi connectivity index (χ1v) is 11.2. The Bertz CT molecular complexity index is 975. The number of benzene rings is 1. The first-order valence-electron chi connectivity index (χ1n) is 11.2. The highest BCUT2D eigenvalue weighted by Gasteiger charge is 2.26. The monoisotopic (exact) mass is 429 g/mol. The molecule has 0 spiro atoms. The molecule has 0 unspecified atom stereocenters. The number of carbonyl (C=O) groups excluding carboxylic acids is 1. The number of aromatic nitrogens is 2. The summed E-state index contributed by atoms with van der Waals surface area (Å²) in [6, 6.07) is 4.04. The zero-order valence-corrected chi connectivity index (χ0v) is 18.3. The fourth-order valence-electron chi connectivity index (χ4n) is 4.52. The lowest BCUT2D eigenvalue weighted by Gasteiger charge is -2.31. The molecule has 1 aromatic carbocycles. The standard InChI is InChI=1S/C23H31N3O5/c1-3-30-22(28)12-16-4-6-18(7-5-16)31-20-14-17(26-8-10-29-11-9-26)13-19-23(20)25(2)21(27)15-24-19/h13-16,18H,3-12H2,1-2H3. The van der Waals surface area contributed by atoms with Crippen LogP contribution in [0.5, 0.6) is 5.75 Å². The highest BCUT2D eigenvalue weighted by molar-refractivity contribution is 5.85. The van der Waals surface area contributed by atoms with Gasteiger partial charge in [0.25, 0.3) is 5.56 Å². The number of morpholine rings is 1. The highest BCUT2D eigenvalue weighted by atomic mass is 16.5. The Morgan fingerprint density at radius 1 is 1.19 bits per heavy atom. The third-order valence-corrected chi connectivity index (χ3v) is 6.24. The zero-order valence-electron chi connectivity index (χ0n) is 18.3. The molecule has 2 aliphatic rings. The molecule has 168 valence electrons. The van der Waals surface area contributed by atoms with Gasteiger partial charge in [-0.15, -0.1) is 0 Å². The summed E-state index contributed by atoms with van der Waals surface area (Å²) >= 11 is 0. The molecule has 4 rings (SSSR count). The van der Waals surface area contributed by atoms with Crippen LogP contribution in [0.3, 0.4) is 0 Å². The van der Waals surface area contributed by atoms with Crippen molar-refractivity contribution in [2.75, 3.05) is 37.8 Å². The van der Waals surface area contributed by atoms with E-state index < -0.39 is 0 Å². The lowest BCUT2D eigenvalue weighted by Crippen LogP contribution is -2.36. The van der Waals surface area contributed by atoms with Crippen LogP contribution in [0.25, 0.3) is 11.0 Å². The molecule has 31 heavy (non-hydrogen) atoms. The molecule has 2 heterocycles. The minimum absolute atomic E-state index is 0.0527. The van der Waals surface area contributed by atoms with E-state index in [1.54, 1.807) is 11.6 Å². The number of nitrogens with zero attached hydrogens (tertiary/aromatic N) is 3. The number of fused-ring (bicyclic) bond motifs is 1. The van der Waals surface area contributed by atoms with Gasteiger partial charge in [0, 0.05) is 38.3 Å². The van der Waals surface area contributed by atoms with Gasteiger partial charge in [-0.05, 0) is 44.6 Å². The lowest BCUT2D eigenvalue weighted by atomic mass is 9.85. The molecule has 1 saturated carbocycles. The number of anilines is 1. The third-order valence-electron chi connectivity index (χ3n) is 6.24. The lowest BCUT2D eigenvalue weighted by molar-refractivity contribution is -0.144. The molecule has 0 radical (unpaired) electrons. The summed E-state index contributed by atoms with van der Waals surface area (Å²) in [5.41, 5.74) is 2.35. The number of aryl methyl sites for hydroxylation is 1. The van der Waals surface area contributed by atoms with Crippen LogP contribution in [0.4, 0.5) is 5.69 Å². The number of ether oxygens (including phenoxy) is 3. The third kappa shape index (κ3) is 5.01. The van der Waals surface area contributed by atoms with Crippen LogP contribution in [-0.2, 0) is 21.3 Å². The predicted molar refractivity (Wildman–Crippen MR) is 118 cm³/mol. The Hall–Kier alpha value is -2.61. The average molecular weight is 430 g/mol. The van der Waals surface area contributed by atoms with Gasteiger partial charge in [-0.3, -0.25) is 9.59 Å². The van der Waals surface area contributed by atoms with Crippen LogP contribution in [0.15, 0.2) is 23.1 Å². The summed E-state index contributed by atoms with van der Waals surface area (Å²) in [4.78, 5) is 30.7. The first kappa shape index (κ1) is 21.6. The van der Waals surface area contributed by atoms with Crippen LogP contribution in [0.1, 0.15) is 39.0 Å². The van der Waals surface area contributed by atoms with Crippen LogP contribution in [0.2, 0.25) is 0 Å². The van der Waals surface area contributed by atoms with Crippen molar-refractivity contribution in [2.45, 2.75) is 45.1 Å². The largest absolute Gasteiger partial charge is 0.488 e. The van der Waals surface area contributed by atoms with E-state index in [1.165, 1.54) is 6.20 Å². The van der Waals surface area contributed by atoms with Crippen LogP contribution in [0, 0.1) is 5.92 Å². The fourth-order valence-corrected chi connectivity index (χ4v) is 4.52. The first-order chi connectivity index (χ1) is 15.0. The summed E-state index contributed by atoms with van der Waals surface area (Å²) in [6.45, 7) is 5.28. The molecule has 8 heteroatoms. The SMILES string of the molecule is CCOC(=O)CC1CCC(Oc2cc(N3CCOCC3)cc3ncc(=O)n(C)c23)CC1. The molecule has 1 aliphatic carbocycles. The molecular formula is C23H31N3O5. The van der Waals surface area contributed by atoms with Crippen molar-refractivity contribution in [2.24, 2.45) is 13.0 Å². The van der Waals surface area contributed by atoms with Crippen LogP contribution < -0.4 is 15.2 Å². The van der Waals surface area contributed by atoms with Gasteiger partial charge >= 0.3 is 5.97 Å². The van der Waals surface area contributed by atoms with Gasteiger partial charge in [0.2, 0.25) is 0 Å². The molecule has 1 saturated heterocycles. The molecule has 1 aromatic heterocycles. The van der Waals surface area contributed by atoms with E-state index in [9.17, 15) is 9.59 Å². The van der Waals surface area contributed by atoms with Gasteiger partial charge in [0.05, 0.1) is 37.6 Å². The highest BCUT2D eigenvalue weighted by Crippen LogP contribution is 2.35. The summed E-state index contributed by atoms with van der Waals surface area (Å²) < 4.78 is 18.6. The Labute approximate surface area is 182 Å².